The smallest absolute Gasteiger partial charge is 0.0991 e. The van der Waals surface area contributed by atoms with Gasteiger partial charge in [-0.2, -0.15) is 10.5 Å². The Balaban J connectivity index is 0.00000158. The molecule has 0 radical (unpaired) electrons. The zero-order chi connectivity index (χ0) is 25.1. The van der Waals surface area contributed by atoms with E-state index in [1.807, 2.05) is 90.1 Å². The Labute approximate surface area is 210 Å². The molecule has 0 aliphatic heterocycles. The lowest BCUT2D eigenvalue weighted by Crippen LogP contribution is -1.89. The monoisotopic (exact) mass is 476 g/mol. The van der Waals surface area contributed by atoms with Crippen LogP contribution < -0.4 is 0 Å². The standard InChI is InChI=1S/C23H18N2S2.3C2H6/c1-17-10-20(15-26-22-6-2-18(13-24)3-7-22)12-21(11-17)16-27-23-8-4-19(14-25)5-9-23;3*1-2/h2-12H,15-16H2,1H3;3*1-2H3. The summed E-state index contributed by atoms with van der Waals surface area (Å²) in [4.78, 5) is 2.34. The van der Waals surface area contributed by atoms with Crippen molar-refractivity contribution < 1.29 is 0 Å². The maximum absolute atomic E-state index is 8.88. The van der Waals surface area contributed by atoms with Gasteiger partial charge < -0.3 is 0 Å². The van der Waals surface area contributed by atoms with Gasteiger partial charge in [-0.25, -0.2) is 0 Å². The maximum Gasteiger partial charge on any atom is 0.0991 e. The molecular formula is C29H36N2S2. The van der Waals surface area contributed by atoms with Crippen molar-refractivity contribution in [1.82, 2.24) is 0 Å². The highest BCUT2D eigenvalue weighted by Gasteiger charge is 2.03. The van der Waals surface area contributed by atoms with Crippen LogP contribution in [0.1, 0.15) is 69.4 Å². The van der Waals surface area contributed by atoms with Gasteiger partial charge in [0.2, 0.25) is 0 Å². The molecule has 3 aromatic carbocycles. The van der Waals surface area contributed by atoms with Crippen LogP contribution in [0.4, 0.5) is 0 Å². The SMILES string of the molecule is CC.CC.CC.Cc1cc(CSc2ccc(C#N)cc2)cc(CSc2ccc(C#N)cc2)c1. The molecule has 0 aliphatic rings. The molecule has 174 valence electrons. The molecule has 0 amide bonds. The van der Waals surface area contributed by atoms with Crippen LogP contribution in [0.3, 0.4) is 0 Å². The zero-order valence-electron chi connectivity index (χ0n) is 21.0. The van der Waals surface area contributed by atoms with Crippen molar-refractivity contribution in [3.05, 3.63) is 94.5 Å². The Hall–Kier alpha value is -2.66. The molecular weight excluding hydrogens is 440 g/mol. The van der Waals surface area contributed by atoms with Crippen molar-refractivity contribution in [3.63, 3.8) is 0 Å². The third kappa shape index (κ3) is 11.7. The summed E-state index contributed by atoms with van der Waals surface area (Å²) in [7, 11) is 0. The van der Waals surface area contributed by atoms with Crippen LogP contribution in [0.5, 0.6) is 0 Å². The molecule has 0 N–H and O–H groups in total. The summed E-state index contributed by atoms with van der Waals surface area (Å²) in [6, 6.07) is 26.5. The molecule has 0 aromatic heterocycles. The molecule has 0 bridgehead atoms. The molecule has 4 heteroatoms. The molecule has 0 heterocycles. The van der Waals surface area contributed by atoms with E-state index in [0.29, 0.717) is 11.1 Å². The zero-order valence-corrected chi connectivity index (χ0v) is 22.6. The molecule has 0 saturated carbocycles. The molecule has 0 saturated heterocycles. The number of rotatable bonds is 6. The van der Waals surface area contributed by atoms with Crippen molar-refractivity contribution in [2.75, 3.05) is 0 Å². The minimum Gasteiger partial charge on any atom is -0.192 e. The fourth-order valence-electron chi connectivity index (χ4n) is 2.70. The van der Waals surface area contributed by atoms with Gasteiger partial charge in [-0.15, -0.1) is 23.5 Å². The molecule has 0 atom stereocenters. The molecule has 3 rings (SSSR count). The van der Waals surface area contributed by atoms with E-state index in [2.05, 4.69) is 37.3 Å². The van der Waals surface area contributed by atoms with Crippen LogP contribution in [0.25, 0.3) is 0 Å². The Morgan fingerprint density at radius 2 is 0.909 bits per heavy atom. The lowest BCUT2D eigenvalue weighted by Gasteiger charge is -2.08. The fraction of sp³-hybridized carbons (Fsp3) is 0.310. The van der Waals surface area contributed by atoms with Gasteiger partial charge in [0.25, 0.3) is 0 Å². The van der Waals surface area contributed by atoms with Gasteiger partial charge in [0.05, 0.1) is 23.3 Å². The fourth-order valence-corrected chi connectivity index (χ4v) is 4.36. The van der Waals surface area contributed by atoms with E-state index >= 15 is 0 Å². The van der Waals surface area contributed by atoms with E-state index in [1.165, 1.54) is 26.5 Å². The third-order valence-electron chi connectivity index (χ3n) is 3.97. The molecule has 2 nitrogen and oxygen atoms in total. The van der Waals surface area contributed by atoms with Crippen molar-refractivity contribution in [1.29, 1.82) is 10.5 Å². The predicted molar refractivity (Wildman–Crippen MR) is 147 cm³/mol. The van der Waals surface area contributed by atoms with Gasteiger partial charge in [-0.1, -0.05) is 65.3 Å². The summed E-state index contributed by atoms with van der Waals surface area (Å²) in [5.41, 5.74) is 5.26. The topological polar surface area (TPSA) is 47.6 Å². The number of nitrogens with zero attached hydrogens (tertiary/aromatic N) is 2. The van der Waals surface area contributed by atoms with Gasteiger partial charge >= 0.3 is 0 Å². The minimum atomic E-state index is 0.692. The van der Waals surface area contributed by atoms with Gasteiger partial charge in [0.1, 0.15) is 0 Å². The summed E-state index contributed by atoms with van der Waals surface area (Å²) in [5, 5.41) is 17.8. The number of nitriles is 2. The summed E-state index contributed by atoms with van der Waals surface area (Å²) in [5.74, 6) is 1.81. The van der Waals surface area contributed by atoms with Gasteiger partial charge in [-0.3, -0.25) is 0 Å². The Morgan fingerprint density at radius 1 is 0.576 bits per heavy atom. The van der Waals surface area contributed by atoms with Gasteiger partial charge in [-0.05, 0) is 66.6 Å². The quantitative estimate of drug-likeness (QED) is 0.332. The number of aryl methyl sites for hydroxylation is 1. The number of hydrogen-bond donors (Lipinski definition) is 0. The highest BCUT2D eigenvalue weighted by Crippen LogP contribution is 2.27. The predicted octanol–water partition coefficient (Wildman–Crippen LogP) is 9.40. The van der Waals surface area contributed by atoms with Crippen LogP contribution in [0, 0.1) is 29.6 Å². The Morgan fingerprint density at radius 3 is 1.21 bits per heavy atom. The molecule has 0 spiro atoms. The summed E-state index contributed by atoms with van der Waals surface area (Å²) in [6.07, 6.45) is 0. The molecule has 33 heavy (non-hydrogen) atoms. The van der Waals surface area contributed by atoms with Crippen molar-refractivity contribution in [3.8, 4) is 12.1 Å². The van der Waals surface area contributed by atoms with E-state index in [-0.39, 0.29) is 0 Å². The average molecular weight is 477 g/mol. The van der Waals surface area contributed by atoms with E-state index in [1.54, 1.807) is 23.5 Å². The maximum atomic E-state index is 8.88. The second kappa shape index (κ2) is 18.9. The molecule has 0 unspecified atom stereocenters. The summed E-state index contributed by atoms with van der Waals surface area (Å²) in [6.45, 7) is 14.1. The first kappa shape index (κ1) is 30.3. The average Bonchev–Trinajstić information content (AvgIpc) is 2.90. The minimum absolute atomic E-state index is 0.692. The van der Waals surface area contributed by atoms with Gasteiger partial charge in [0.15, 0.2) is 0 Å². The van der Waals surface area contributed by atoms with Crippen molar-refractivity contribution >= 4 is 23.5 Å². The molecule has 3 aromatic rings. The Bertz CT molecular complexity index is 916. The Kier molecular flexibility index (Phi) is 17.3. The normalized spacial score (nSPS) is 8.88. The van der Waals surface area contributed by atoms with Crippen LogP contribution in [-0.2, 0) is 11.5 Å². The first-order valence-electron chi connectivity index (χ1n) is 11.5. The second-order valence-electron chi connectivity index (χ2n) is 6.18. The summed E-state index contributed by atoms with van der Waals surface area (Å²) < 4.78 is 0. The van der Waals surface area contributed by atoms with Crippen LogP contribution in [0.15, 0.2) is 76.5 Å². The molecule has 0 aliphatic carbocycles. The lowest BCUT2D eigenvalue weighted by atomic mass is 10.1. The van der Waals surface area contributed by atoms with E-state index in [9.17, 15) is 0 Å². The lowest BCUT2D eigenvalue weighted by molar-refractivity contribution is 1.27. The van der Waals surface area contributed by atoms with Crippen LogP contribution in [-0.4, -0.2) is 0 Å². The first-order valence-corrected chi connectivity index (χ1v) is 13.5. The second-order valence-corrected chi connectivity index (χ2v) is 8.27. The summed E-state index contributed by atoms with van der Waals surface area (Å²) >= 11 is 3.56. The number of hydrogen-bond acceptors (Lipinski definition) is 4. The highest BCUT2D eigenvalue weighted by atomic mass is 32.2. The van der Waals surface area contributed by atoms with Crippen LogP contribution in [0.2, 0.25) is 0 Å². The van der Waals surface area contributed by atoms with E-state index < -0.39 is 0 Å². The largest absolute Gasteiger partial charge is 0.192 e. The number of benzene rings is 3. The van der Waals surface area contributed by atoms with E-state index in [0.717, 1.165) is 11.5 Å². The third-order valence-corrected chi connectivity index (χ3v) is 6.14. The van der Waals surface area contributed by atoms with E-state index in [4.69, 9.17) is 10.5 Å². The number of thioether (sulfide) groups is 2. The highest BCUT2D eigenvalue weighted by molar-refractivity contribution is 7.98. The first-order chi connectivity index (χ1) is 16.2. The van der Waals surface area contributed by atoms with Gasteiger partial charge in [0, 0.05) is 21.3 Å². The van der Waals surface area contributed by atoms with Crippen molar-refractivity contribution in [2.45, 2.75) is 69.8 Å². The van der Waals surface area contributed by atoms with Crippen LogP contribution >= 0.6 is 23.5 Å². The van der Waals surface area contributed by atoms with Crippen molar-refractivity contribution in [2.24, 2.45) is 0 Å². The molecule has 0 fully saturated rings.